The zero-order valence-electron chi connectivity index (χ0n) is 12.3. The summed E-state index contributed by atoms with van der Waals surface area (Å²) in [6.45, 7) is 4.03. The van der Waals surface area contributed by atoms with Crippen molar-refractivity contribution in [3.8, 4) is 0 Å². The normalized spacial score (nSPS) is 25.6. The van der Waals surface area contributed by atoms with Gasteiger partial charge in [-0.2, -0.15) is 0 Å². The van der Waals surface area contributed by atoms with E-state index >= 15 is 0 Å². The number of nitrogens with two attached hydrogens (primary N) is 1. The van der Waals surface area contributed by atoms with Crippen LogP contribution in [0.3, 0.4) is 0 Å². The van der Waals surface area contributed by atoms with Crippen molar-refractivity contribution in [3.05, 3.63) is 23.2 Å². The quantitative estimate of drug-likeness (QED) is 0.838. The molecule has 1 amide bonds. The fourth-order valence-electron chi connectivity index (χ4n) is 2.49. The summed E-state index contributed by atoms with van der Waals surface area (Å²) >= 11 is 6.01. The second kappa shape index (κ2) is 7.11. The number of carbonyl (C=O) groups is 1. The molecule has 1 aromatic rings. The smallest absolute Gasteiger partial charge is 0.250 e. The van der Waals surface area contributed by atoms with Gasteiger partial charge in [-0.25, -0.2) is 0 Å². The van der Waals surface area contributed by atoms with E-state index in [1.165, 1.54) is 0 Å². The Morgan fingerprint density at radius 2 is 2.10 bits per heavy atom. The molecule has 0 bridgehead atoms. The van der Waals surface area contributed by atoms with Crippen molar-refractivity contribution in [1.82, 2.24) is 0 Å². The summed E-state index contributed by atoms with van der Waals surface area (Å²) < 4.78 is 11.3. The van der Waals surface area contributed by atoms with E-state index in [-0.39, 0.29) is 30.8 Å². The highest BCUT2D eigenvalue weighted by molar-refractivity contribution is 6.34. The fourth-order valence-corrected chi connectivity index (χ4v) is 2.73. The zero-order chi connectivity index (χ0) is 15.4. The van der Waals surface area contributed by atoms with Gasteiger partial charge in [0.1, 0.15) is 6.61 Å². The summed E-state index contributed by atoms with van der Waals surface area (Å²) in [6.07, 6.45) is 1.98. The number of halogens is 1. The Balaban J connectivity index is 1.82. The highest BCUT2D eigenvalue weighted by Crippen LogP contribution is 2.24. The number of carbonyl (C=O) groups excluding carboxylic acids is 1. The molecule has 0 aromatic heterocycles. The Hall–Kier alpha value is -1.30. The topological polar surface area (TPSA) is 73.6 Å². The van der Waals surface area contributed by atoms with E-state index < -0.39 is 0 Å². The molecular formula is C15H21ClN2O3. The molecule has 2 rings (SSSR count). The van der Waals surface area contributed by atoms with Crippen LogP contribution in [0, 0.1) is 0 Å². The third-order valence-corrected chi connectivity index (χ3v) is 3.68. The molecule has 1 heterocycles. The van der Waals surface area contributed by atoms with Crippen LogP contribution in [-0.4, -0.2) is 30.8 Å². The van der Waals surface area contributed by atoms with Gasteiger partial charge in [0, 0.05) is 5.69 Å². The first kappa shape index (κ1) is 16.1. The number of anilines is 2. The van der Waals surface area contributed by atoms with Crippen LogP contribution in [-0.2, 0) is 14.3 Å². The summed E-state index contributed by atoms with van der Waals surface area (Å²) in [5, 5.41) is 3.13. The highest BCUT2D eigenvalue weighted by atomic mass is 35.5. The van der Waals surface area contributed by atoms with Gasteiger partial charge in [0.15, 0.2) is 0 Å². The van der Waals surface area contributed by atoms with E-state index in [0.717, 1.165) is 12.8 Å². The predicted octanol–water partition coefficient (Wildman–Crippen LogP) is 2.83. The Kier molecular flexibility index (Phi) is 5.45. The molecule has 1 fully saturated rings. The number of rotatable bonds is 4. The Bertz CT molecular complexity index is 500. The van der Waals surface area contributed by atoms with Crippen molar-refractivity contribution >= 4 is 28.9 Å². The second-order valence-electron chi connectivity index (χ2n) is 5.45. The Morgan fingerprint density at radius 3 is 2.71 bits per heavy atom. The van der Waals surface area contributed by atoms with Crippen molar-refractivity contribution in [2.24, 2.45) is 0 Å². The summed E-state index contributed by atoms with van der Waals surface area (Å²) in [4.78, 5) is 11.9. The first-order valence-electron chi connectivity index (χ1n) is 7.06. The molecule has 1 aliphatic rings. The van der Waals surface area contributed by atoms with Crippen LogP contribution in [0.25, 0.3) is 0 Å². The van der Waals surface area contributed by atoms with Gasteiger partial charge in [-0.3, -0.25) is 4.79 Å². The first-order chi connectivity index (χ1) is 9.94. The number of hydrogen-bond donors (Lipinski definition) is 2. The largest absolute Gasteiger partial charge is 0.399 e. The average Bonchev–Trinajstić information content (AvgIpc) is 2.39. The van der Waals surface area contributed by atoms with E-state index in [4.69, 9.17) is 26.8 Å². The zero-order valence-corrected chi connectivity index (χ0v) is 13.0. The number of ether oxygens (including phenoxy) is 2. The number of amides is 1. The van der Waals surface area contributed by atoms with Gasteiger partial charge in [-0.15, -0.1) is 0 Å². The van der Waals surface area contributed by atoms with Crippen LogP contribution in [0.2, 0.25) is 5.02 Å². The summed E-state index contributed by atoms with van der Waals surface area (Å²) in [5.74, 6) is -0.228. The molecule has 1 aliphatic heterocycles. The third-order valence-electron chi connectivity index (χ3n) is 3.37. The molecule has 116 valence electrons. The number of hydrogen-bond acceptors (Lipinski definition) is 4. The van der Waals surface area contributed by atoms with Crippen molar-refractivity contribution in [2.45, 2.75) is 45.0 Å². The number of benzene rings is 1. The lowest BCUT2D eigenvalue weighted by Crippen LogP contribution is -2.35. The maximum absolute atomic E-state index is 11.9. The van der Waals surface area contributed by atoms with Gasteiger partial charge in [-0.05, 0) is 44.9 Å². The molecule has 5 nitrogen and oxygen atoms in total. The van der Waals surface area contributed by atoms with Gasteiger partial charge >= 0.3 is 0 Å². The van der Waals surface area contributed by atoms with E-state index in [0.29, 0.717) is 16.4 Å². The van der Waals surface area contributed by atoms with Crippen LogP contribution in [0.5, 0.6) is 0 Å². The lowest BCUT2D eigenvalue weighted by atomic mass is 10.0. The maximum atomic E-state index is 11.9. The standard InChI is InChI=1S/C15H21ClN2O3/c1-9-5-12(6-10(2)21-9)20-8-15(19)18-14-4-3-11(17)7-13(14)16/h3-4,7,9-10,12H,5-6,8,17H2,1-2H3,(H,18,19). The van der Waals surface area contributed by atoms with Gasteiger partial charge in [0.2, 0.25) is 5.91 Å². The van der Waals surface area contributed by atoms with E-state index in [1.807, 2.05) is 13.8 Å². The molecule has 2 atom stereocenters. The third kappa shape index (κ3) is 4.88. The average molecular weight is 313 g/mol. The molecule has 0 saturated carbocycles. The van der Waals surface area contributed by atoms with Gasteiger partial charge in [0.25, 0.3) is 0 Å². The molecule has 1 saturated heterocycles. The lowest BCUT2D eigenvalue weighted by Gasteiger charge is -2.31. The molecule has 6 heteroatoms. The van der Waals surface area contributed by atoms with E-state index in [1.54, 1.807) is 18.2 Å². The van der Waals surface area contributed by atoms with Gasteiger partial charge < -0.3 is 20.5 Å². The van der Waals surface area contributed by atoms with Crippen molar-refractivity contribution in [3.63, 3.8) is 0 Å². The number of nitrogens with one attached hydrogen (secondary N) is 1. The first-order valence-corrected chi connectivity index (χ1v) is 7.43. The lowest BCUT2D eigenvalue weighted by molar-refractivity contribution is -0.131. The minimum absolute atomic E-state index is 0.00477. The van der Waals surface area contributed by atoms with E-state index in [2.05, 4.69) is 5.32 Å². The SMILES string of the molecule is CC1CC(OCC(=O)Nc2ccc(N)cc2Cl)CC(C)O1. The monoisotopic (exact) mass is 312 g/mol. The second-order valence-corrected chi connectivity index (χ2v) is 5.86. The minimum Gasteiger partial charge on any atom is -0.399 e. The van der Waals surface area contributed by atoms with E-state index in [9.17, 15) is 4.79 Å². The van der Waals surface area contributed by atoms with Gasteiger partial charge in [-0.1, -0.05) is 11.6 Å². The molecule has 1 aromatic carbocycles. The molecule has 0 aliphatic carbocycles. The molecule has 3 N–H and O–H groups in total. The minimum atomic E-state index is -0.228. The van der Waals surface area contributed by atoms with Crippen LogP contribution in [0.15, 0.2) is 18.2 Å². The molecule has 2 unspecified atom stereocenters. The summed E-state index contributed by atoms with van der Waals surface area (Å²) in [7, 11) is 0. The van der Waals surface area contributed by atoms with Crippen LogP contribution < -0.4 is 11.1 Å². The van der Waals surface area contributed by atoms with Crippen molar-refractivity contribution in [2.75, 3.05) is 17.7 Å². The fraction of sp³-hybridized carbons (Fsp3) is 0.533. The molecule has 0 spiro atoms. The molecule has 21 heavy (non-hydrogen) atoms. The summed E-state index contributed by atoms with van der Waals surface area (Å²) in [6, 6.07) is 4.96. The van der Waals surface area contributed by atoms with Crippen molar-refractivity contribution < 1.29 is 14.3 Å². The van der Waals surface area contributed by atoms with Crippen LogP contribution in [0.4, 0.5) is 11.4 Å². The maximum Gasteiger partial charge on any atom is 0.250 e. The van der Waals surface area contributed by atoms with Gasteiger partial charge in [0.05, 0.1) is 29.0 Å². The Labute approximate surface area is 129 Å². The highest BCUT2D eigenvalue weighted by Gasteiger charge is 2.25. The molecular weight excluding hydrogens is 292 g/mol. The molecule has 0 radical (unpaired) electrons. The van der Waals surface area contributed by atoms with Crippen LogP contribution >= 0.6 is 11.6 Å². The number of nitrogen functional groups attached to an aromatic ring is 1. The Morgan fingerprint density at radius 1 is 1.43 bits per heavy atom. The predicted molar refractivity (Wildman–Crippen MR) is 83.5 cm³/mol. The summed E-state index contributed by atoms with van der Waals surface area (Å²) in [5.41, 5.74) is 6.70. The van der Waals surface area contributed by atoms with Crippen LogP contribution in [0.1, 0.15) is 26.7 Å². The van der Waals surface area contributed by atoms with Crippen molar-refractivity contribution in [1.29, 1.82) is 0 Å².